The molecule has 1 fully saturated rings. The van der Waals surface area contributed by atoms with Crippen LogP contribution in [0, 0.1) is 0 Å². The van der Waals surface area contributed by atoms with E-state index in [0.717, 1.165) is 37.2 Å². The van der Waals surface area contributed by atoms with Crippen LogP contribution in [-0.2, 0) is 0 Å². The summed E-state index contributed by atoms with van der Waals surface area (Å²) in [6.45, 7) is 1.70. The number of benzene rings is 1. The van der Waals surface area contributed by atoms with Crippen molar-refractivity contribution in [3.05, 3.63) is 48.2 Å². The fourth-order valence-electron chi connectivity index (χ4n) is 2.47. The number of carbonyl (C=O) groups excluding carboxylic acids is 1. The molecule has 0 unspecified atom stereocenters. The average molecular weight is 268 g/mol. The van der Waals surface area contributed by atoms with Crippen LogP contribution < -0.4 is 0 Å². The lowest BCUT2D eigenvalue weighted by atomic mass is 10.1. The van der Waals surface area contributed by atoms with Gasteiger partial charge in [-0.3, -0.25) is 9.78 Å². The normalized spacial score (nSPS) is 14.5. The first kappa shape index (κ1) is 12.7. The first-order chi connectivity index (χ1) is 9.74. The van der Waals surface area contributed by atoms with E-state index in [1.54, 1.807) is 12.1 Å². The molecule has 1 aliphatic rings. The summed E-state index contributed by atoms with van der Waals surface area (Å²) in [6.07, 6.45) is 3.58. The van der Waals surface area contributed by atoms with Crippen LogP contribution in [0.2, 0.25) is 0 Å². The third-order valence-electron chi connectivity index (χ3n) is 3.55. The number of nitrogens with zero attached hydrogens (tertiary/aromatic N) is 2. The second-order valence-corrected chi connectivity index (χ2v) is 4.98. The van der Waals surface area contributed by atoms with Crippen LogP contribution in [0.3, 0.4) is 0 Å². The van der Waals surface area contributed by atoms with Crippen LogP contribution in [0.25, 0.3) is 11.3 Å². The highest BCUT2D eigenvalue weighted by atomic mass is 16.3. The van der Waals surface area contributed by atoms with Gasteiger partial charge in [-0.15, -0.1) is 0 Å². The van der Waals surface area contributed by atoms with Crippen molar-refractivity contribution in [3.63, 3.8) is 0 Å². The van der Waals surface area contributed by atoms with Gasteiger partial charge in [0.25, 0.3) is 5.91 Å². The molecule has 2 aromatic rings. The molecule has 0 atom stereocenters. The number of hydrogen-bond donors (Lipinski definition) is 1. The highest BCUT2D eigenvalue weighted by Crippen LogP contribution is 2.21. The summed E-state index contributed by atoms with van der Waals surface area (Å²) < 4.78 is 0. The fraction of sp³-hybridized carbons (Fsp3) is 0.250. The van der Waals surface area contributed by atoms with Gasteiger partial charge in [0.1, 0.15) is 5.75 Å². The summed E-state index contributed by atoms with van der Waals surface area (Å²) in [4.78, 5) is 18.4. The van der Waals surface area contributed by atoms with Crippen LogP contribution in [0.4, 0.5) is 0 Å². The van der Waals surface area contributed by atoms with Gasteiger partial charge in [-0.2, -0.15) is 0 Å². The van der Waals surface area contributed by atoms with Crippen LogP contribution in [-0.4, -0.2) is 34.0 Å². The number of aromatic nitrogens is 1. The minimum Gasteiger partial charge on any atom is -0.506 e. The van der Waals surface area contributed by atoms with Crippen molar-refractivity contribution < 1.29 is 9.90 Å². The molecule has 0 saturated carbocycles. The molecule has 1 N–H and O–H groups in total. The Morgan fingerprint density at radius 2 is 1.95 bits per heavy atom. The van der Waals surface area contributed by atoms with Crippen molar-refractivity contribution in [3.8, 4) is 17.0 Å². The molecule has 1 amide bonds. The molecule has 1 aromatic carbocycles. The Morgan fingerprint density at radius 3 is 2.65 bits per heavy atom. The quantitative estimate of drug-likeness (QED) is 0.911. The second-order valence-electron chi connectivity index (χ2n) is 4.98. The fourth-order valence-corrected chi connectivity index (χ4v) is 2.47. The maximum absolute atomic E-state index is 12.4. The first-order valence-electron chi connectivity index (χ1n) is 6.79. The van der Waals surface area contributed by atoms with Crippen molar-refractivity contribution in [2.24, 2.45) is 0 Å². The Morgan fingerprint density at radius 1 is 1.15 bits per heavy atom. The number of carbonyl (C=O) groups is 1. The van der Waals surface area contributed by atoms with Gasteiger partial charge in [0.05, 0.1) is 11.9 Å². The van der Waals surface area contributed by atoms with E-state index in [0.29, 0.717) is 5.56 Å². The molecule has 0 bridgehead atoms. The van der Waals surface area contributed by atoms with E-state index in [1.165, 1.54) is 6.20 Å². The van der Waals surface area contributed by atoms with Gasteiger partial charge in [-0.25, -0.2) is 0 Å². The molecule has 4 heteroatoms. The van der Waals surface area contributed by atoms with E-state index in [9.17, 15) is 9.90 Å². The molecule has 0 radical (unpaired) electrons. The Bertz CT molecular complexity index is 617. The van der Waals surface area contributed by atoms with Crippen LogP contribution >= 0.6 is 0 Å². The topological polar surface area (TPSA) is 53.4 Å². The van der Waals surface area contributed by atoms with Gasteiger partial charge in [0.2, 0.25) is 0 Å². The van der Waals surface area contributed by atoms with Crippen molar-refractivity contribution in [2.45, 2.75) is 12.8 Å². The third kappa shape index (κ3) is 2.50. The van der Waals surface area contributed by atoms with Crippen molar-refractivity contribution >= 4 is 5.91 Å². The minimum absolute atomic E-state index is 0.0862. The molecule has 0 spiro atoms. The number of rotatable bonds is 2. The van der Waals surface area contributed by atoms with Crippen LogP contribution in [0.1, 0.15) is 23.2 Å². The van der Waals surface area contributed by atoms with E-state index < -0.39 is 0 Å². The minimum atomic E-state index is 0.0862. The van der Waals surface area contributed by atoms with Gasteiger partial charge >= 0.3 is 0 Å². The number of amides is 1. The highest BCUT2D eigenvalue weighted by Gasteiger charge is 2.19. The average Bonchev–Trinajstić information content (AvgIpc) is 3.01. The molecule has 1 saturated heterocycles. The maximum Gasteiger partial charge on any atom is 0.253 e. The summed E-state index contributed by atoms with van der Waals surface area (Å²) in [7, 11) is 0. The van der Waals surface area contributed by atoms with Gasteiger partial charge < -0.3 is 10.0 Å². The van der Waals surface area contributed by atoms with Gasteiger partial charge in [-0.05, 0) is 37.1 Å². The summed E-state index contributed by atoms with van der Waals surface area (Å²) in [5.74, 6) is 0.223. The van der Waals surface area contributed by atoms with E-state index in [-0.39, 0.29) is 11.7 Å². The van der Waals surface area contributed by atoms with Crippen LogP contribution in [0.5, 0.6) is 5.75 Å². The largest absolute Gasteiger partial charge is 0.506 e. The van der Waals surface area contributed by atoms with Gasteiger partial charge in [-0.1, -0.05) is 12.1 Å². The lowest BCUT2D eigenvalue weighted by Gasteiger charge is -2.15. The number of pyridine rings is 1. The lowest BCUT2D eigenvalue weighted by Crippen LogP contribution is -2.27. The smallest absolute Gasteiger partial charge is 0.253 e. The number of aromatic hydroxyl groups is 1. The Kier molecular flexibility index (Phi) is 3.37. The molecule has 102 valence electrons. The van der Waals surface area contributed by atoms with Crippen molar-refractivity contribution in [1.82, 2.24) is 9.88 Å². The predicted octanol–water partition coefficient (Wildman–Crippen LogP) is 2.69. The summed E-state index contributed by atoms with van der Waals surface area (Å²) in [5, 5.41) is 9.27. The Hall–Kier alpha value is -2.36. The molecule has 0 aliphatic carbocycles. The zero-order chi connectivity index (χ0) is 13.9. The lowest BCUT2D eigenvalue weighted by molar-refractivity contribution is 0.0793. The molecule has 4 nitrogen and oxygen atoms in total. The molecule has 20 heavy (non-hydrogen) atoms. The van der Waals surface area contributed by atoms with E-state index in [2.05, 4.69) is 4.98 Å². The molecule has 2 heterocycles. The predicted molar refractivity (Wildman–Crippen MR) is 76.5 cm³/mol. The van der Waals surface area contributed by atoms with Gasteiger partial charge in [0, 0.05) is 24.2 Å². The van der Waals surface area contributed by atoms with Crippen molar-refractivity contribution in [2.75, 3.05) is 13.1 Å². The maximum atomic E-state index is 12.4. The SMILES string of the molecule is O=C(c1cccc(-c2ccc(O)cn2)c1)N1CCCC1. The van der Waals surface area contributed by atoms with E-state index in [4.69, 9.17) is 0 Å². The van der Waals surface area contributed by atoms with Gasteiger partial charge in [0.15, 0.2) is 0 Å². The van der Waals surface area contributed by atoms with E-state index >= 15 is 0 Å². The number of hydrogen-bond acceptors (Lipinski definition) is 3. The first-order valence-corrected chi connectivity index (χ1v) is 6.79. The zero-order valence-electron chi connectivity index (χ0n) is 11.1. The number of likely N-dealkylation sites (tertiary alicyclic amines) is 1. The Labute approximate surface area is 117 Å². The van der Waals surface area contributed by atoms with E-state index in [1.807, 2.05) is 29.2 Å². The monoisotopic (exact) mass is 268 g/mol. The summed E-state index contributed by atoms with van der Waals surface area (Å²) in [5.41, 5.74) is 2.33. The molecule has 3 rings (SSSR count). The second kappa shape index (κ2) is 5.33. The summed E-state index contributed by atoms with van der Waals surface area (Å²) in [6, 6.07) is 10.8. The standard InChI is InChI=1S/C16H16N2O2/c19-14-6-7-15(17-11-14)12-4-3-5-13(10-12)16(20)18-8-1-2-9-18/h3-7,10-11,19H,1-2,8-9H2. The zero-order valence-corrected chi connectivity index (χ0v) is 11.1. The third-order valence-corrected chi connectivity index (χ3v) is 3.55. The molecule has 1 aromatic heterocycles. The van der Waals surface area contributed by atoms with Crippen LogP contribution in [0.15, 0.2) is 42.6 Å². The highest BCUT2D eigenvalue weighted by molar-refractivity contribution is 5.95. The molecular formula is C16H16N2O2. The van der Waals surface area contributed by atoms with Crippen molar-refractivity contribution in [1.29, 1.82) is 0 Å². The molecule has 1 aliphatic heterocycles. The Balaban J connectivity index is 1.89. The summed E-state index contributed by atoms with van der Waals surface area (Å²) >= 11 is 0. The molecular weight excluding hydrogens is 252 g/mol.